The van der Waals surface area contributed by atoms with Crippen molar-refractivity contribution in [2.75, 3.05) is 26.2 Å². The van der Waals surface area contributed by atoms with Gasteiger partial charge < -0.3 is 9.30 Å². The Hall–Kier alpha value is -2.18. The van der Waals surface area contributed by atoms with Crippen molar-refractivity contribution in [2.45, 2.75) is 45.1 Å². The minimum atomic E-state index is 0.409. The number of imidazole rings is 1. The van der Waals surface area contributed by atoms with Crippen molar-refractivity contribution >= 4 is 27.5 Å². The van der Waals surface area contributed by atoms with E-state index in [2.05, 4.69) is 78.8 Å². The Labute approximate surface area is 210 Å². The number of fused-ring (bicyclic) bond motifs is 2. The van der Waals surface area contributed by atoms with E-state index in [4.69, 9.17) is 4.98 Å². The lowest BCUT2D eigenvalue weighted by Crippen LogP contribution is -2.34. The second-order valence-electron chi connectivity index (χ2n) is 10.6. The maximum atomic E-state index is 13.0. The highest BCUT2D eigenvalue weighted by Crippen LogP contribution is 2.35. The molecule has 3 aliphatic rings. The third-order valence-electron chi connectivity index (χ3n) is 8.22. The van der Waals surface area contributed by atoms with E-state index in [1.807, 2.05) is 0 Å². The van der Waals surface area contributed by atoms with E-state index in [-0.39, 0.29) is 0 Å². The molecule has 0 N–H and O–H groups in total. The van der Waals surface area contributed by atoms with E-state index in [9.17, 15) is 4.79 Å². The lowest BCUT2D eigenvalue weighted by Gasteiger charge is -2.25. The van der Waals surface area contributed by atoms with Crippen molar-refractivity contribution < 1.29 is 4.79 Å². The molecule has 6 rings (SSSR count). The van der Waals surface area contributed by atoms with Gasteiger partial charge in [-0.2, -0.15) is 0 Å². The summed E-state index contributed by atoms with van der Waals surface area (Å²) in [5.41, 5.74) is 4.47. The van der Waals surface area contributed by atoms with Crippen LogP contribution >= 0.6 is 15.9 Å². The van der Waals surface area contributed by atoms with Crippen molar-refractivity contribution in [1.82, 2.24) is 19.2 Å². The van der Waals surface area contributed by atoms with E-state index in [0.29, 0.717) is 23.7 Å². The quantitative estimate of drug-likeness (QED) is 0.438. The normalized spacial score (nSPS) is 23.6. The molecule has 0 spiro atoms. The molecular formula is C28H33BrN4O. The Morgan fingerprint density at radius 2 is 1.68 bits per heavy atom. The molecule has 6 heteroatoms. The number of halogens is 1. The van der Waals surface area contributed by atoms with Gasteiger partial charge in [0.1, 0.15) is 5.65 Å². The number of hydrogen-bond acceptors (Lipinski definition) is 3. The largest absolute Gasteiger partial charge is 0.342 e. The van der Waals surface area contributed by atoms with E-state index in [1.165, 1.54) is 37.8 Å². The van der Waals surface area contributed by atoms with Crippen LogP contribution in [0.4, 0.5) is 0 Å². The molecule has 0 radical (unpaired) electrons. The Kier molecular flexibility index (Phi) is 6.20. The summed E-state index contributed by atoms with van der Waals surface area (Å²) < 4.78 is 3.32. The maximum absolute atomic E-state index is 13.0. The molecular weight excluding hydrogens is 488 g/mol. The molecule has 1 amide bonds. The van der Waals surface area contributed by atoms with Crippen LogP contribution in [0.15, 0.2) is 53.1 Å². The summed E-state index contributed by atoms with van der Waals surface area (Å²) in [7, 11) is 0. The zero-order valence-corrected chi connectivity index (χ0v) is 21.3. The van der Waals surface area contributed by atoms with Crippen LogP contribution in [0.25, 0.3) is 16.9 Å². The number of carbonyl (C=O) groups is 1. The van der Waals surface area contributed by atoms with Crippen LogP contribution in [-0.4, -0.2) is 51.3 Å². The van der Waals surface area contributed by atoms with Gasteiger partial charge in [0.2, 0.25) is 5.91 Å². The van der Waals surface area contributed by atoms with Crippen LogP contribution in [0, 0.1) is 17.8 Å². The van der Waals surface area contributed by atoms with Gasteiger partial charge in [-0.05, 0) is 54.9 Å². The molecule has 3 aromatic rings. The summed E-state index contributed by atoms with van der Waals surface area (Å²) in [4.78, 5) is 22.7. The fourth-order valence-corrected chi connectivity index (χ4v) is 6.70. The van der Waals surface area contributed by atoms with Crippen LogP contribution in [0.1, 0.15) is 44.2 Å². The third-order valence-corrected chi connectivity index (χ3v) is 8.75. The number of amides is 1. The second-order valence-corrected chi connectivity index (χ2v) is 11.5. The average Bonchev–Trinajstić information content (AvgIpc) is 3.52. The summed E-state index contributed by atoms with van der Waals surface area (Å²) in [6, 6.07) is 14.7. The fraction of sp³-hybridized carbons (Fsp3) is 0.500. The number of pyridine rings is 1. The van der Waals surface area contributed by atoms with Gasteiger partial charge in [-0.1, -0.05) is 53.4 Å². The summed E-state index contributed by atoms with van der Waals surface area (Å²) in [6.07, 6.45) is 9.38. The van der Waals surface area contributed by atoms with Crippen LogP contribution in [0.3, 0.4) is 0 Å². The van der Waals surface area contributed by atoms with Crippen molar-refractivity contribution in [3.63, 3.8) is 0 Å². The van der Waals surface area contributed by atoms with Gasteiger partial charge in [0.25, 0.3) is 0 Å². The van der Waals surface area contributed by atoms with Gasteiger partial charge in [-0.25, -0.2) is 4.98 Å². The minimum Gasteiger partial charge on any atom is -0.342 e. The maximum Gasteiger partial charge on any atom is 0.222 e. The smallest absolute Gasteiger partial charge is 0.222 e. The molecule has 2 aliphatic heterocycles. The zero-order valence-electron chi connectivity index (χ0n) is 19.7. The highest BCUT2D eigenvalue weighted by molar-refractivity contribution is 9.10. The first-order valence-electron chi connectivity index (χ1n) is 12.9. The average molecular weight is 522 g/mol. The molecule has 0 bridgehead atoms. The molecule has 3 fully saturated rings. The number of nitrogens with zero attached hydrogens (tertiary/aromatic N) is 4. The predicted octanol–water partition coefficient (Wildman–Crippen LogP) is 5.62. The lowest BCUT2D eigenvalue weighted by atomic mass is 9.87. The Morgan fingerprint density at radius 3 is 2.41 bits per heavy atom. The monoisotopic (exact) mass is 520 g/mol. The molecule has 2 unspecified atom stereocenters. The highest BCUT2D eigenvalue weighted by Gasteiger charge is 2.42. The molecule has 1 aromatic carbocycles. The zero-order chi connectivity index (χ0) is 23.1. The molecule has 4 heterocycles. The summed E-state index contributed by atoms with van der Waals surface area (Å²) in [5.74, 6) is 2.24. The van der Waals surface area contributed by atoms with Crippen LogP contribution in [0.2, 0.25) is 0 Å². The first-order chi connectivity index (χ1) is 16.6. The lowest BCUT2D eigenvalue weighted by molar-refractivity contribution is -0.131. The van der Waals surface area contributed by atoms with E-state index < -0.39 is 0 Å². The molecule has 34 heavy (non-hydrogen) atoms. The summed E-state index contributed by atoms with van der Waals surface area (Å²) >= 11 is 3.55. The fourth-order valence-electron chi connectivity index (χ4n) is 6.44. The number of benzene rings is 1. The van der Waals surface area contributed by atoms with Crippen LogP contribution in [0.5, 0.6) is 0 Å². The van der Waals surface area contributed by atoms with E-state index in [1.54, 1.807) is 0 Å². The SMILES string of the molecule is O=C(CC1CCCCC1)N1CC2CN(Cc3c(-c4ccc(Br)cc4)nc4ccccn34)CC2C1. The number of carbonyl (C=O) groups excluding carboxylic acids is 1. The van der Waals surface area contributed by atoms with Crippen molar-refractivity contribution in [3.05, 3.63) is 58.8 Å². The molecule has 5 nitrogen and oxygen atoms in total. The van der Waals surface area contributed by atoms with Gasteiger partial charge in [0, 0.05) is 55.4 Å². The predicted molar refractivity (Wildman–Crippen MR) is 138 cm³/mol. The van der Waals surface area contributed by atoms with Crippen LogP contribution < -0.4 is 0 Å². The van der Waals surface area contributed by atoms with Gasteiger partial charge >= 0.3 is 0 Å². The number of hydrogen-bond donors (Lipinski definition) is 0. The number of aromatic nitrogens is 2. The second kappa shape index (κ2) is 9.46. The van der Waals surface area contributed by atoms with Crippen molar-refractivity contribution in [3.8, 4) is 11.3 Å². The van der Waals surface area contributed by atoms with Crippen molar-refractivity contribution in [1.29, 1.82) is 0 Å². The first kappa shape index (κ1) is 22.3. The minimum absolute atomic E-state index is 0.409. The standard InChI is InChI=1S/C28H33BrN4O/c29-24-11-9-21(10-12-24)28-25(33-13-5-4-8-26(33)30-28)19-31-15-22-17-32(18-23(22)16-31)27(34)14-20-6-2-1-3-7-20/h4-5,8-13,20,22-23H,1-3,6-7,14-19H2. The topological polar surface area (TPSA) is 40.9 Å². The highest BCUT2D eigenvalue weighted by atomic mass is 79.9. The van der Waals surface area contributed by atoms with Gasteiger partial charge in [0.15, 0.2) is 0 Å². The molecule has 178 valence electrons. The number of likely N-dealkylation sites (tertiary alicyclic amines) is 2. The Bertz CT molecular complexity index is 1150. The van der Waals surface area contributed by atoms with E-state index >= 15 is 0 Å². The van der Waals surface area contributed by atoms with Crippen LogP contribution in [-0.2, 0) is 11.3 Å². The van der Waals surface area contributed by atoms with E-state index in [0.717, 1.165) is 60.5 Å². The number of rotatable bonds is 5. The summed E-state index contributed by atoms with van der Waals surface area (Å²) in [6.45, 7) is 4.91. The van der Waals surface area contributed by atoms with Gasteiger partial charge in [0.05, 0.1) is 11.4 Å². The van der Waals surface area contributed by atoms with Crippen molar-refractivity contribution in [2.24, 2.45) is 17.8 Å². The van der Waals surface area contributed by atoms with Gasteiger partial charge in [-0.15, -0.1) is 0 Å². The molecule has 2 atom stereocenters. The third kappa shape index (κ3) is 4.42. The molecule has 2 saturated heterocycles. The Morgan fingerprint density at radius 1 is 0.941 bits per heavy atom. The van der Waals surface area contributed by atoms with Gasteiger partial charge in [-0.3, -0.25) is 9.69 Å². The Balaban J connectivity index is 1.14. The summed E-state index contributed by atoms with van der Waals surface area (Å²) in [5, 5.41) is 0. The molecule has 2 aromatic heterocycles. The first-order valence-corrected chi connectivity index (χ1v) is 13.7. The molecule has 1 saturated carbocycles. The molecule has 1 aliphatic carbocycles.